The van der Waals surface area contributed by atoms with Crippen molar-refractivity contribution in [1.82, 2.24) is 0 Å². The molecule has 0 amide bonds. The number of alkyl halides is 1. The fourth-order valence-electron chi connectivity index (χ4n) is 2.87. The van der Waals surface area contributed by atoms with Crippen LogP contribution >= 0.6 is 15.9 Å². The van der Waals surface area contributed by atoms with Crippen molar-refractivity contribution in [2.75, 3.05) is 6.61 Å². The Kier molecular flexibility index (Phi) is 5.11. The topological polar surface area (TPSA) is 9.23 Å². The molecule has 0 radical (unpaired) electrons. The molecule has 2 heteroatoms. The Morgan fingerprint density at radius 2 is 2.06 bits per heavy atom. The van der Waals surface area contributed by atoms with Gasteiger partial charge in [-0.25, -0.2) is 0 Å². The third kappa shape index (κ3) is 3.50. The van der Waals surface area contributed by atoms with E-state index in [-0.39, 0.29) is 0 Å². The second kappa shape index (κ2) is 6.60. The van der Waals surface area contributed by atoms with Crippen LogP contribution in [-0.2, 0) is 0 Å². The van der Waals surface area contributed by atoms with Crippen LogP contribution < -0.4 is 4.74 Å². The Morgan fingerprint density at radius 3 is 2.72 bits per heavy atom. The predicted octanol–water partition coefficient (Wildman–Crippen LogP) is 5.41. The molecule has 1 aliphatic rings. The summed E-state index contributed by atoms with van der Waals surface area (Å²) in [6, 6.07) is 6.50. The molecular formula is C16H23BrO. The van der Waals surface area contributed by atoms with Crippen LogP contribution in [0.25, 0.3) is 0 Å². The number of ether oxygens (including phenoxy) is 1. The highest BCUT2D eigenvalue weighted by atomic mass is 79.9. The summed E-state index contributed by atoms with van der Waals surface area (Å²) in [5.41, 5.74) is 2.63. The smallest absolute Gasteiger partial charge is 0.123 e. The van der Waals surface area contributed by atoms with Gasteiger partial charge in [-0.2, -0.15) is 0 Å². The van der Waals surface area contributed by atoms with E-state index >= 15 is 0 Å². The van der Waals surface area contributed by atoms with E-state index < -0.39 is 0 Å². The third-order valence-electron chi connectivity index (χ3n) is 3.82. The first-order chi connectivity index (χ1) is 8.70. The molecule has 1 unspecified atom stereocenters. The van der Waals surface area contributed by atoms with Gasteiger partial charge in [0.05, 0.1) is 6.61 Å². The van der Waals surface area contributed by atoms with Crippen molar-refractivity contribution in [3.05, 3.63) is 29.3 Å². The average molecular weight is 311 g/mol. The van der Waals surface area contributed by atoms with Crippen molar-refractivity contribution in [2.24, 2.45) is 5.92 Å². The van der Waals surface area contributed by atoms with E-state index in [2.05, 4.69) is 41.1 Å². The highest BCUT2D eigenvalue weighted by molar-refractivity contribution is 9.09. The molecule has 1 saturated carbocycles. The summed E-state index contributed by atoms with van der Waals surface area (Å²) < 4.78 is 5.75. The van der Waals surface area contributed by atoms with Crippen molar-refractivity contribution in [3.8, 4) is 5.75 Å². The van der Waals surface area contributed by atoms with Gasteiger partial charge in [0.15, 0.2) is 0 Å². The largest absolute Gasteiger partial charge is 0.494 e. The van der Waals surface area contributed by atoms with Crippen LogP contribution in [0.15, 0.2) is 18.2 Å². The molecule has 0 N–H and O–H groups in total. The first kappa shape index (κ1) is 13.9. The third-order valence-corrected chi connectivity index (χ3v) is 4.68. The van der Waals surface area contributed by atoms with Gasteiger partial charge in [-0.15, -0.1) is 0 Å². The maximum atomic E-state index is 5.75. The highest BCUT2D eigenvalue weighted by Gasteiger charge is 2.21. The molecule has 1 atom stereocenters. The number of hydrogen-bond acceptors (Lipinski definition) is 1. The van der Waals surface area contributed by atoms with Gasteiger partial charge in [-0.05, 0) is 32.3 Å². The molecule has 2 rings (SSSR count). The molecule has 1 fully saturated rings. The summed E-state index contributed by atoms with van der Waals surface area (Å²) in [6.45, 7) is 4.93. The predicted molar refractivity (Wildman–Crippen MR) is 80.6 cm³/mol. The van der Waals surface area contributed by atoms with Crippen molar-refractivity contribution in [2.45, 2.75) is 50.8 Å². The average Bonchev–Trinajstić information content (AvgIpc) is 2.84. The van der Waals surface area contributed by atoms with Gasteiger partial charge in [0.25, 0.3) is 0 Å². The molecule has 18 heavy (non-hydrogen) atoms. The summed E-state index contributed by atoms with van der Waals surface area (Å²) in [5, 5.41) is 0. The van der Waals surface area contributed by atoms with Gasteiger partial charge in [0.2, 0.25) is 0 Å². The minimum atomic E-state index is 0.432. The summed E-state index contributed by atoms with van der Waals surface area (Å²) in [7, 11) is 0. The van der Waals surface area contributed by atoms with Crippen LogP contribution in [0.1, 0.15) is 55.0 Å². The fraction of sp³-hybridized carbons (Fsp3) is 0.625. The van der Waals surface area contributed by atoms with Crippen LogP contribution in [0.4, 0.5) is 0 Å². The van der Waals surface area contributed by atoms with E-state index in [0.29, 0.717) is 4.83 Å². The first-order valence-electron chi connectivity index (χ1n) is 7.08. The molecule has 0 aromatic heterocycles. The molecule has 0 heterocycles. The van der Waals surface area contributed by atoms with Crippen LogP contribution in [0.2, 0.25) is 0 Å². The molecule has 1 nitrogen and oxygen atoms in total. The molecular weight excluding hydrogens is 288 g/mol. The maximum Gasteiger partial charge on any atom is 0.123 e. The van der Waals surface area contributed by atoms with Gasteiger partial charge in [0, 0.05) is 10.4 Å². The zero-order valence-electron chi connectivity index (χ0n) is 11.4. The number of benzene rings is 1. The Balaban J connectivity index is 2.11. The SMILES string of the molecule is CCOc1ccc(C)cc1C(Br)CC1CCCC1. The standard InChI is InChI=1S/C16H23BrO/c1-3-18-16-9-8-12(2)10-14(16)15(17)11-13-6-4-5-7-13/h8-10,13,15H,3-7,11H2,1-2H3. The van der Waals surface area contributed by atoms with Crippen LogP contribution in [0.3, 0.4) is 0 Å². The van der Waals surface area contributed by atoms with E-state index in [1.165, 1.54) is 43.2 Å². The second-order valence-corrected chi connectivity index (χ2v) is 6.43. The molecule has 100 valence electrons. The summed E-state index contributed by atoms with van der Waals surface area (Å²) >= 11 is 3.87. The Bertz CT molecular complexity index is 383. The van der Waals surface area contributed by atoms with E-state index in [1.54, 1.807) is 0 Å². The lowest BCUT2D eigenvalue weighted by molar-refractivity contribution is 0.335. The Morgan fingerprint density at radius 1 is 1.33 bits per heavy atom. The summed E-state index contributed by atoms with van der Waals surface area (Å²) in [6.07, 6.45) is 6.87. The lowest BCUT2D eigenvalue weighted by Gasteiger charge is -2.19. The van der Waals surface area contributed by atoms with Crippen molar-refractivity contribution in [1.29, 1.82) is 0 Å². The van der Waals surface area contributed by atoms with Crippen LogP contribution in [-0.4, -0.2) is 6.61 Å². The van der Waals surface area contributed by atoms with Crippen LogP contribution in [0, 0.1) is 12.8 Å². The molecule has 1 aliphatic carbocycles. The zero-order valence-corrected chi connectivity index (χ0v) is 13.0. The monoisotopic (exact) mass is 310 g/mol. The molecule has 0 bridgehead atoms. The lowest BCUT2D eigenvalue weighted by atomic mass is 9.97. The molecule has 1 aromatic carbocycles. The number of aryl methyl sites for hydroxylation is 1. The van der Waals surface area contributed by atoms with E-state index in [1.807, 2.05) is 6.92 Å². The van der Waals surface area contributed by atoms with Crippen molar-refractivity contribution >= 4 is 15.9 Å². The first-order valence-corrected chi connectivity index (χ1v) is 7.99. The van der Waals surface area contributed by atoms with Gasteiger partial charge < -0.3 is 4.74 Å². The summed E-state index contributed by atoms with van der Waals surface area (Å²) in [5.74, 6) is 1.94. The maximum absolute atomic E-state index is 5.75. The minimum absolute atomic E-state index is 0.432. The molecule has 0 aliphatic heterocycles. The number of rotatable bonds is 5. The van der Waals surface area contributed by atoms with Gasteiger partial charge in [0.1, 0.15) is 5.75 Å². The number of hydrogen-bond donors (Lipinski definition) is 0. The number of halogens is 1. The molecule has 1 aromatic rings. The Labute approximate surface area is 119 Å². The lowest BCUT2D eigenvalue weighted by Crippen LogP contribution is -2.03. The second-order valence-electron chi connectivity index (χ2n) is 5.33. The van der Waals surface area contributed by atoms with Gasteiger partial charge >= 0.3 is 0 Å². The highest BCUT2D eigenvalue weighted by Crippen LogP contribution is 2.40. The van der Waals surface area contributed by atoms with Gasteiger partial charge in [-0.3, -0.25) is 0 Å². The van der Waals surface area contributed by atoms with E-state index in [9.17, 15) is 0 Å². The molecule has 0 saturated heterocycles. The fourth-order valence-corrected chi connectivity index (χ4v) is 3.75. The van der Waals surface area contributed by atoms with Crippen molar-refractivity contribution < 1.29 is 4.74 Å². The Hall–Kier alpha value is -0.500. The van der Waals surface area contributed by atoms with E-state index in [0.717, 1.165) is 18.3 Å². The normalized spacial score (nSPS) is 17.9. The summed E-state index contributed by atoms with van der Waals surface area (Å²) in [4.78, 5) is 0.432. The zero-order chi connectivity index (χ0) is 13.0. The van der Waals surface area contributed by atoms with Gasteiger partial charge in [-0.1, -0.05) is 59.3 Å². The van der Waals surface area contributed by atoms with E-state index in [4.69, 9.17) is 4.74 Å². The quantitative estimate of drug-likeness (QED) is 0.661. The molecule has 0 spiro atoms. The van der Waals surface area contributed by atoms with Crippen molar-refractivity contribution in [3.63, 3.8) is 0 Å². The van der Waals surface area contributed by atoms with Crippen LogP contribution in [0.5, 0.6) is 5.75 Å². The minimum Gasteiger partial charge on any atom is -0.494 e.